The minimum absolute atomic E-state index is 0.0280. The lowest BCUT2D eigenvalue weighted by atomic mass is 10.2. The topological polar surface area (TPSA) is 67.5 Å². The Kier molecular flexibility index (Phi) is 3.93. The van der Waals surface area contributed by atoms with Gasteiger partial charge in [0.1, 0.15) is 0 Å². The lowest BCUT2D eigenvalue weighted by Crippen LogP contribution is -2.15. The number of aliphatic hydroxyl groups excluding tert-OH is 2. The van der Waals surface area contributed by atoms with Crippen LogP contribution >= 0.6 is 0 Å². The second-order valence-corrected chi connectivity index (χ2v) is 4.13. The molecule has 0 radical (unpaired) electrons. The molecule has 5 nitrogen and oxygen atoms in total. The van der Waals surface area contributed by atoms with Gasteiger partial charge in [0, 0.05) is 25.8 Å². The van der Waals surface area contributed by atoms with Crippen molar-refractivity contribution >= 4 is 0 Å². The monoisotopic (exact) mass is 226 g/mol. The van der Waals surface area contributed by atoms with Gasteiger partial charge in [-0.05, 0) is 18.9 Å². The maximum absolute atomic E-state index is 9.63. The fourth-order valence-electron chi connectivity index (χ4n) is 1.92. The van der Waals surface area contributed by atoms with E-state index in [9.17, 15) is 5.11 Å². The SMILES string of the molecule is OCCC(O)c1ccn(CC2CCCO2)n1. The van der Waals surface area contributed by atoms with Crippen LogP contribution < -0.4 is 0 Å². The summed E-state index contributed by atoms with van der Waals surface area (Å²) in [5, 5.41) is 22.6. The molecule has 1 aliphatic rings. The maximum atomic E-state index is 9.63. The van der Waals surface area contributed by atoms with Crippen molar-refractivity contribution in [3.8, 4) is 0 Å². The van der Waals surface area contributed by atoms with Crippen LogP contribution in [-0.2, 0) is 11.3 Å². The number of rotatable bonds is 5. The summed E-state index contributed by atoms with van der Waals surface area (Å²) in [6.45, 7) is 1.55. The van der Waals surface area contributed by atoms with E-state index in [2.05, 4.69) is 5.10 Å². The average molecular weight is 226 g/mol. The van der Waals surface area contributed by atoms with E-state index in [1.165, 1.54) is 0 Å². The molecule has 2 heterocycles. The van der Waals surface area contributed by atoms with Crippen LogP contribution in [0, 0.1) is 0 Å². The zero-order valence-corrected chi connectivity index (χ0v) is 9.25. The molecule has 2 atom stereocenters. The van der Waals surface area contributed by atoms with Crippen molar-refractivity contribution in [3.05, 3.63) is 18.0 Å². The number of ether oxygens (including phenoxy) is 1. The Balaban J connectivity index is 1.90. The second kappa shape index (κ2) is 5.43. The number of aromatic nitrogens is 2. The third kappa shape index (κ3) is 2.81. The van der Waals surface area contributed by atoms with Crippen molar-refractivity contribution in [2.45, 2.75) is 38.0 Å². The van der Waals surface area contributed by atoms with E-state index in [-0.39, 0.29) is 12.7 Å². The molecule has 5 heteroatoms. The van der Waals surface area contributed by atoms with Crippen LogP contribution in [0.2, 0.25) is 0 Å². The van der Waals surface area contributed by atoms with Crippen molar-refractivity contribution in [1.29, 1.82) is 0 Å². The normalized spacial score (nSPS) is 22.5. The van der Waals surface area contributed by atoms with Crippen molar-refractivity contribution in [2.24, 2.45) is 0 Å². The minimum atomic E-state index is -0.671. The number of aliphatic hydroxyl groups is 2. The summed E-state index contributed by atoms with van der Waals surface area (Å²) in [6.07, 6.45) is 3.95. The molecule has 1 aliphatic heterocycles. The summed E-state index contributed by atoms with van der Waals surface area (Å²) in [5.41, 5.74) is 0.618. The first-order valence-corrected chi connectivity index (χ1v) is 5.73. The van der Waals surface area contributed by atoms with Gasteiger partial charge in [-0.15, -0.1) is 0 Å². The van der Waals surface area contributed by atoms with Crippen LogP contribution in [0.15, 0.2) is 12.3 Å². The Morgan fingerprint density at radius 2 is 2.50 bits per heavy atom. The molecule has 0 saturated carbocycles. The van der Waals surface area contributed by atoms with E-state index in [0.29, 0.717) is 12.1 Å². The molecule has 1 aromatic rings. The highest BCUT2D eigenvalue weighted by Crippen LogP contribution is 2.16. The molecule has 2 N–H and O–H groups in total. The summed E-state index contributed by atoms with van der Waals surface area (Å²) in [5.74, 6) is 0. The molecule has 0 bridgehead atoms. The first-order chi connectivity index (χ1) is 7.79. The minimum Gasteiger partial charge on any atom is -0.396 e. The Bertz CT molecular complexity index is 321. The first kappa shape index (κ1) is 11.6. The van der Waals surface area contributed by atoms with E-state index in [1.807, 2.05) is 6.20 Å². The zero-order chi connectivity index (χ0) is 11.4. The van der Waals surface area contributed by atoms with Crippen molar-refractivity contribution in [1.82, 2.24) is 9.78 Å². The fraction of sp³-hybridized carbons (Fsp3) is 0.727. The summed E-state index contributed by atoms with van der Waals surface area (Å²) >= 11 is 0. The highest BCUT2D eigenvalue weighted by molar-refractivity contribution is 5.02. The van der Waals surface area contributed by atoms with E-state index in [1.54, 1.807) is 10.7 Å². The van der Waals surface area contributed by atoms with E-state index >= 15 is 0 Å². The second-order valence-electron chi connectivity index (χ2n) is 4.13. The largest absolute Gasteiger partial charge is 0.396 e. The summed E-state index contributed by atoms with van der Waals surface area (Å²) in [6, 6.07) is 1.79. The van der Waals surface area contributed by atoms with Gasteiger partial charge in [0.15, 0.2) is 0 Å². The molecule has 1 aromatic heterocycles. The predicted molar refractivity (Wildman–Crippen MR) is 57.9 cm³/mol. The van der Waals surface area contributed by atoms with E-state index < -0.39 is 6.10 Å². The van der Waals surface area contributed by atoms with Crippen molar-refractivity contribution in [2.75, 3.05) is 13.2 Å². The molecule has 1 saturated heterocycles. The van der Waals surface area contributed by atoms with Gasteiger partial charge in [0.2, 0.25) is 0 Å². The maximum Gasteiger partial charge on any atom is 0.1000 e. The van der Waals surface area contributed by atoms with Crippen LogP contribution in [0.25, 0.3) is 0 Å². The lowest BCUT2D eigenvalue weighted by molar-refractivity contribution is 0.0926. The van der Waals surface area contributed by atoms with Crippen LogP contribution in [0.5, 0.6) is 0 Å². The molecule has 90 valence electrons. The lowest BCUT2D eigenvalue weighted by Gasteiger charge is -2.09. The molecule has 16 heavy (non-hydrogen) atoms. The molecule has 0 spiro atoms. The molecule has 0 amide bonds. The van der Waals surface area contributed by atoms with Crippen LogP contribution in [0.1, 0.15) is 31.1 Å². The molecule has 0 aliphatic carbocycles. The Labute approximate surface area is 94.7 Å². The van der Waals surface area contributed by atoms with Gasteiger partial charge in [0.05, 0.1) is 24.4 Å². The van der Waals surface area contributed by atoms with Crippen LogP contribution in [0.4, 0.5) is 0 Å². The third-order valence-corrected chi connectivity index (χ3v) is 2.82. The van der Waals surface area contributed by atoms with Crippen molar-refractivity contribution in [3.63, 3.8) is 0 Å². The van der Waals surface area contributed by atoms with Crippen molar-refractivity contribution < 1.29 is 14.9 Å². The average Bonchev–Trinajstić information content (AvgIpc) is 2.90. The molecular weight excluding hydrogens is 208 g/mol. The summed E-state index contributed by atoms with van der Waals surface area (Å²) in [7, 11) is 0. The third-order valence-electron chi connectivity index (χ3n) is 2.82. The van der Waals surface area contributed by atoms with E-state index in [0.717, 1.165) is 26.0 Å². The van der Waals surface area contributed by atoms with Crippen LogP contribution in [-0.4, -0.2) is 39.3 Å². The zero-order valence-electron chi connectivity index (χ0n) is 9.25. The number of hydrogen-bond donors (Lipinski definition) is 2. The fourth-order valence-corrected chi connectivity index (χ4v) is 1.92. The van der Waals surface area contributed by atoms with Gasteiger partial charge in [-0.3, -0.25) is 4.68 Å². The first-order valence-electron chi connectivity index (χ1n) is 5.73. The van der Waals surface area contributed by atoms with Gasteiger partial charge >= 0.3 is 0 Å². The Morgan fingerprint density at radius 1 is 1.62 bits per heavy atom. The van der Waals surface area contributed by atoms with Gasteiger partial charge in [-0.25, -0.2) is 0 Å². The predicted octanol–water partition coefficient (Wildman–Crippen LogP) is 0.478. The Morgan fingerprint density at radius 3 is 3.19 bits per heavy atom. The standard InChI is InChI=1S/C11H18N2O3/c14-6-4-11(15)10-3-5-13(12-10)8-9-2-1-7-16-9/h3,5,9,11,14-15H,1-2,4,6-8H2. The Hall–Kier alpha value is -0.910. The smallest absolute Gasteiger partial charge is 0.1000 e. The summed E-state index contributed by atoms with van der Waals surface area (Å²) < 4.78 is 7.31. The quantitative estimate of drug-likeness (QED) is 0.766. The molecule has 1 fully saturated rings. The van der Waals surface area contributed by atoms with Crippen LogP contribution in [0.3, 0.4) is 0 Å². The summed E-state index contributed by atoms with van der Waals surface area (Å²) in [4.78, 5) is 0. The highest BCUT2D eigenvalue weighted by atomic mass is 16.5. The van der Waals surface area contributed by atoms with Gasteiger partial charge in [0.25, 0.3) is 0 Å². The molecular formula is C11H18N2O3. The van der Waals surface area contributed by atoms with E-state index in [4.69, 9.17) is 9.84 Å². The number of hydrogen-bond acceptors (Lipinski definition) is 4. The van der Waals surface area contributed by atoms with Gasteiger partial charge < -0.3 is 14.9 Å². The molecule has 0 aromatic carbocycles. The highest BCUT2D eigenvalue weighted by Gasteiger charge is 2.17. The van der Waals surface area contributed by atoms with Gasteiger partial charge in [-0.2, -0.15) is 5.10 Å². The molecule has 2 rings (SSSR count). The number of nitrogens with zero attached hydrogens (tertiary/aromatic N) is 2. The molecule has 2 unspecified atom stereocenters. The van der Waals surface area contributed by atoms with Gasteiger partial charge in [-0.1, -0.05) is 0 Å².